The second kappa shape index (κ2) is 8.17. The average Bonchev–Trinajstić information content (AvgIpc) is 2.53. The molecule has 2 rings (SSSR count). The molecule has 0 amide bonds. The lowest BCUT2D eigenvalue weighted by atomic mass is 9.82. The van der Waals surface area contributed by atoms with E-state index in [1.807, 2.05) is 0 Å². The fraction of sp³-hybridized carbons (Fsp3) is 0.550. The summed E-state index contributed by atoms with van der Waals surface area (Å²) in [5, 5.41) is 4.70. The quantitative estimate of drug-likeness (QED) is 0.653. The molecule has 22 heavy (non-hydrogen) atoms. The van der Waals surface area contributed by atoms with Crippen molar-refractivity contribution < 1.29 is 0 Å². The van der Waals surface area contributed by atoms with E-state index in [-0.39, 0.29) is 0 Å². The minimum atomic E-state index is 0.478. The van der Waals surface area contributed by atoms with Crippen LogP contribution in [0.15, 0.2) is 40.6 Å². The van der Waals surface area contributed by atoms with E-state index in [1.54, 1.807) is 0 Å². The molecule has 0 aromatic heterocycles. The van der Waals surface area contributed by atoms with Crippen molar-refractivity contribution in [3.05, 3.63) is 46.7 Å². The van der Waals surface area contributed by atoms with Crippen LogP contribution in [0.4, 0.5) is 0 Å². The Bertz CT molecular complexity index is 537. The number of allylic oxidation sites excluding steroid dienone is 2. The number of rotatable bonds is 7. The van der Waals surface area contributed by atoms with Crippen LogP contribution < -0.4 is 5.43 Å². The number of aryl methyl sites for hydroxylation is 1. The Labute approximate surface area is 135 Å². The molecule has 2 heteroatoms. The maximum Gasteiger partial charge on any atom is 0.0751 e. The Balaban J connectivity index is 2.20. The van der Waals surface area contributed by atoms with Gasteiger partial charge < -0.3 is 0 Å². The highest BCUT2D eigenvalue weighted by Gasteiger charge is 2.25. The molecule has 1 atom stereocenters. The van der Waals surface area contributed by atoms with Gasteiger partial charge in [-0.05, 0) is 37.8 Å². The average molecular weight is 298 g/mol. The van der Waals surface area contributed by atoms with Crippen LogP contribution >= 0.6 is 0 Å². The van der Waals surface area contributed by atoms with Crippen LogP contribution in [0, 0.1) is 12.8 Å². The topological polar surface area (TPSA) is 24.4 Å². The second-order valence-electron chi connectivity index (χ2n) is 6.38. The first kappa shape index (κ1) is 16.8. The van der Waals surface area contributed by atoms with Crippen molar-refractivity contribution in [1.82, 2.24) is 5.43 Å². The zero-order chi connectivity index (χ0) is 15.9. The molecule has 2 nitrogen and oxygen atoms in total. The Kier molecular flexibility index (Phi) is 6.23. The summed E-state index contributed by atoms with van der Waals surface area (Å²) in [7, 11) is 0. The van der Waals surface area contributed by atoms with E-state index >= 15 is 0 Å². The summed E-state index contributed by atoms with van der Waals surface area (Å²) >= 11 is 0. The summed E-state index contributed by atoms with van der Waals surface area (Å²) in [4.78, 5) is 0. The van der Waals surface area contributed by atoms with Gasteiger partial charge in [-0.15, -0.1) is 0 Å². The van der Waals surface area contributed by atoms with Crippen molar-refractivity contribution in [2.45, 2.75) is 66.2 Å². The van der Waals surface area contributed by atoms with Gasteiger partial charge in [-0.3, -0.25) is 5.43 Å². The molecule has 0 saturated heterocycles. The molecule has 0 fully saturated rings. The van der Waals surface area contributed by atoms with Crippen LogP contribution in [0.2, 0.25) is 0 Å². The number of unbranched alkanes of at least 4 members (excludes halogenated alkanes) is 3. The van der Waals surface area contributed by atoms with Gasteiger partial charge in [0.25, 0.3) is 0 Å². The highest BCUT2D eigenvalue weighted by atomic mass is 15.3. The number of nitrogens with zero attached hydrogens (tertiary/aromatic N) is 1. The highest BCUT2D eigenvalue weighted by molar-refractivity contribution is 6.04. The van der Waals surface area contributed by atoms with E-state index in [4.69, 9.17) is 5.10 Å². The molecule has 1 aromatic rings. The van der Waals surface area contributed by atoms with Gasteiger partial charge in [0, 0.05) is 11.6 Å². The maximum absolute atomic E-state index is 4.70. The third-order valence-electron chi connectivity index (χ3n) is 4.65. The molecule has 0 aliphatic carbocycles. The number of hydrogen-bond acceptors (Lipinski definition) is 2. The number of benzene rings is 1. The first-order valence-electron chi connectivity index (χ1n) is 8.77. The lowest BCUT2D eigenvalue weighted by Crippen LogP contribution is -2.28. The number of hydrogen-bond donors (Lipinski definition) is 1. The summed E-state index contributed by atoms with van der Waals surface area (Å²) in [5.74, 6) is 0.478. The van der Waals surface area contributed by atoms with Crippen LogP contribution in [-0.2, 0) is 0 Å². The molecule has 1 aliphatic rings. The second-order valence-corrected chi connectivity index (χ2v) is 6.38. The molecular weight excluding hydrogens is 268 g/mol. The summed E-state index contributed by atoms with van der Waals surface area (Å²) in [6, 6.07) is 8.79. The lowest BCUT2D eigenvalue weighted by Gasteiger charge is -2.28. The van der Waals surface area contributed by atoms with Gasteiger partial charge in [0.15, 0.2) is 0 Å². The third kappa shape index (κ3) is 4.00. The molecule has 120 valence electrons. The summed E-state index contributed by atoms with van der Waals surface area (Å²) in [5.41, 5.74) is 9.81. The third-order valence-corrected chi connectivity index (χ3v) is 4.65. The predicted octanol–water partition coefficient (Wildman–Crippen LogP) is 5.57. The first-order chi connectivity index (χ1) is 10.7. The van der Waals surface area contributed by atoms with E-state index in [1.165, 1.54) is 60.2 Å². The van der Waals surface area contributed by atoms with Crippen molar-refractivity contribution in [3.8, 4) is 0 Å². The summed E-state index contributed by atoms with van der Waals surface area (Å²) in [6.45, 7) is 8.82. The molecule has 1 N–H and O–H groups in total. The van der Waals surface area contributed by atoms with Crippen molar-refractivity contribution in [3.63, 3.8) is 0 Å². The van der Waals surface area contributed by atoms with Crippen molar-refractivity contribution >= 4 is 5.71 Å². The molecule has 1 aliphatic heterocycles. The van der Waals surface area contributed by atoms with Gasteiger partial charge in [0.2, 0.25) is 0 Å². The molecule has 0 radical (unpaired) electrons. The fourth-order valence-electron chi connectivity index (χ4n) is 3.31. The van der Waals surface area contributed by atoms with Crippen LogP contribution in [0.3, 0.4) is 0 Å². The fourth-order valence-corrected chi connectivity index (χ4v) is 3.31. The highest BCUT2D eigenvalue weighted by Crippen LogP contribution is 2.30. The van der Waals surface area contributed by atoms with Crippen molar-refractivity contribution in [2.75, 3.05) is 0 Å². The van der Waals surface area contributed by atoms with Gasteiger partial charge in [-0.1, -0.05) is 69.4 Å². The summed E-state index contributed by atoms with van der Waals surface area (Å²) < 4.78 is 0. The van der Waals surface area contributed by atoms with Crippen molar-refractivity contribution in [1.29, 1.82) is 0 Å². The Morgan fingerprint density at radius 1 is 1.00 bits per heavy atom. The zero-order valence-electron chi connectivity index (χ0n) is 14.6. The molecule has 1 aromatic carbocycles. The molecule has 0 saturated carbocycles. The minimum absolute atomic E-state index is 0.478. The van der Waals surface area contributed by atoms with Crippen LogP contribution in [0.1, 0.15) is 70.4 Å². The molecule has 0 bridgehead atoms. The Hall–Kier alpha value is -1.57. The van der Waals surface area contributed by atoms with E-state index < -0.39 is 0 Å². The smallest absolute Gasteiger partial charge is 0.0751 e. The molecule has 0 spiro atoms. The van der Waals surface area contributed by atoms with E-state index in [0.717, 1.165) is 6.42 Å². The zero-order valence-corrected chi connectivity index (χ0v) is 14.6. The van der Waals surface area contributed by atoms with Gasteiger partial charge in [-0.25, -0.2) is 0 Å². The van der Waals surface area contributed by atoms with Crippen LogP contribution in [0.5, 0.6) is 0 Å². The largest absolute Gasteiger partial charge is 0.283 e. The Morgan fingerprint density at radius 3 is 2.36 bits per heavy atom. The Morgan fingerprint density at radius 2 is 1.73 bits per heavy atom. The number of hydrazone groups is 1. The minimum Gasteiger partial charge on any atom is -0.283 e. The number of nitrogens with one attached hydrogen (secondary N) is 1. The van der Waals surface area contributed by atoms with Gasteiger partial charge in [0.1, 0.15) is 0 Å². The molecule has 1 unspecified atom stereocenters. The molecule has 1 heterocycles. The van der Waals surface area contributed by atoms with Gasteiger partial charge in [-0.2, -0.15) is 5.10 Å². The van der Waals surface area contributed by atoms with Gasteiger partial charge in [0.05, 0.1) is 5.71 Å². The van der Waals surface area contributed by atoms with Crippen LogP contribution in [0.25, 0.3) is 0 Å². The van der Waals surface area contributed by atoms with Gasteiger partial charge >= 0.3 is 0 Å². The normalized spacial score (nSPS) is 18.2. The first-order valence-corrected chi connectivity index (χ1v) is 8.77. The maximum atomic E-state index is 4.70. The van der Waals surface area contributed by atoms with E-state index in [9.17, 15) is 0 Å². The van der Waals surface area contributed by atoms with E-state index in [2.05, 4.69) is 57.4 Å². The van der Waals surface area contributed by atoms with Crippen molar-refractivity contribution in [2.24, 2.45) is 11.0 Å². The predicted molar refractivity (Wildman–Crippen MR) is 96.1 cm³/mol. The summed E-state index contributed by atoms with van der Waals surface area (Å²) in [6.07, 6.45) is 7.57. The standard InChI is InChI=1S/C20H30N2/c1-5-7-8-9-10-19-18(6-2)16(4)21-22-20(19)17-13-11-15(3)12-14-17/h11-14,19,21H,5-10H2,1-4H3. The molecular formula is C20H30N2. The van der Waals surface area contributed by atoms with E-state index in [0.29, 0.717) is 5.92 Å². The lowest BCUT2D eigenvalue weighted by molar-refractivity contribution is 0.565. The monoisotopic (exact) mass is 298 g/mol. The SMILES string of the molecule is CCCCCCC1C(c2ccc(C)cc2)=NNC(C)=C1CC. The van der Waals surface area contributed by atoms with Crippen LogP contribution in [-0.4, -0.2) is 5.71 Å².